The quantitative estimate of drug-likeness (QED) is 0.542. The first-order chi connectivity index (χ1) is 14.2. The summed E-state index contributed by atoms with van der Waals surface area (Å²) in [4.78, 5) is 12.3. The van der Waals surface area contributed by atoms with Gasteiger partial charge < -0.3 is 9.64 Å². The van der Waals surface area contributed by atoms with Gasteiger partial charge in [0.2, 0.25) is 0 Å². The van der Waals surface area contributed by atoms with Crippen molar-refractivity contribution < 1.29 is 4.74 Å². The maximum atomic E-state index is 6.74. The average Bonchev–Trinajstić information content (AvgIpc) is 3.61. The standard InChI is InChI=1S/C24H26ClN3O/c1-15-7-10-19-21(22(15)25)24(27-23(26-19)17-8-9-17)28-13-11-16(12-14-28)18-5-3-4-6-20(18)29-2/h3-7,10,16-17H,8-9,11-14H2,1-2H3. The van der Waals surface area contributed by atoms with Gasteiger partial charge in [0.25, 0.3) is 0 Å². The van der Waals surface area contributed by atoms with Gasteiger partial charge in [0.15, 0.2) is 0 Å². The third kappa shape index (κ3) is 3.44. The van der Waals surface area contributed by atoms with Gasteiger partial charge in [0.1, 0.15) is 17.4 Å². The second-order valence-corrected chi connectivity index (χ2v) is 8.65. The molecule has 2 fully saturated rings. The highest BCUT2D eigenvalue weighted by molar-refractivity contribution is 6.37. The van der Waals surface area contributed by atoms with E-state index in [-0.39, 0.29) is 0 Å². The summed E-state index contributed by atoms with van der Waals surface area (Å²) in [5.74, 6) is 4.02. The molecule has 0 N–H and O–H groups in total. The summed E-state index contributed by atoms with van der Waals surface area (Å²) in [6.45, 7) is 3.97. The number of piperidine rings is 1. The van der Waals surface area contributed by atoms with Crippen molar-refractivity contribution in [2.45, 2.75) is 44.4 Å². The van der Waals surface area contributed by atoms with Crippen LogP contribution in [0.4, 0.5) is 5.82 Å². The third-order valence-corrected chi connectivity index (χ3v) is 6.79. The molecule has 0 bridgehead atoms. The molecule has 0 atom stereocenters. The smallest absolute Gasteiger partial charge is 0.141 e. The molecule has 1 aliphatic heterocycles. The molecule has 29 heavy (non-hydrogen) atoms. The number of benzene rings is 2. The maximum Gasteiger partial charge on any atom is 0.141 e. The van der Waals surface area contributed by atoms with E-state index in [2.05, 4.69) is 35.2 Å². The van der Waals surface area contributed by atoms with Crippen LogP contribution in [0.2, 0.25) is 5.02 Å². The lowest BCUT2D eigenvalue weighted by Crippen LogP contribution is -2.34. The van der Waals surface area contributed by atoms with Crippen molar-refractivity contribution in [3.8, 4) is 5.75 Å². The Bertz CT molecular complexity index is 1060. The minimum absolute atomic E-state index is 0.510. The minimum Gasteiger partial charge on any atom is -0.496 e. The molecule has 5 rings (SSSR count). The zero-order valence-corrected chi connectivity index (χ0v) is 17.7. The second kappa shape index (κ2) is 7.49. The van der Waals surface area contributed by atoms with Crippen LogP contribution >= 0.6 is 11.6 Å². The number of aromatic nitrogens is 2. The van der Waals surface area contributed by atoms with Crippen LogP contribution < -0.4 is 9.64 Å². The highest BCUT2D eigenvalue weighted by atomic mass is 35.5. The highest BCUT2D eigenvalue weighted by Crippen LogP contribution is 2.42. The molecule has 150 valence electrons. The van der Waals surface area contributed by atoms with E-state index < -0.39 is 0 Å². The highest BCUT2D eigenvalue weighted by Gasteiger charge is 2.30. The number of anilines is 1. The van der Waals surface area contributed by atoms with Crippen LogP contribution in [0.3, 0.4) is 0 Å². The fourth-order valence-electron chi connectivity index (χ4n) is 4.45. The molecular weight excluding hydrogens is 382 g/mol. The van der Waals surface area contributed by atoms with Gasteiger partial charge in [-0.25, -0.2) is 9.97 Å². The van der Waals surface area contributed by atoms with Gasteiger partial charge in [-0.05, 0) is 61.8 Å². The predicted octanol–water partition coefficient (Wildman–Crippen LogP) is 5.86. The van der Waals surface area contributed by atoms with Crippen molar-refractivity contribution in [3.05, 3.63) is 58.4 Å². The van der Waals surface area contributed by atoms with Gasteiger partial charge in [0.05, 0.1) is 23.0 Å². The first-order valence-corrected chi connectivity index (χ1v) is 10.9. The molecule has 1 aromatic heterocycles. The molecule has 5 heteroatoms. The second-order valence-electron chi connectivity index (χ2n) is 8.27. The molecule has 1 aliphatic carbocycles. The van der Waals surface area contributed by atoms with E-state index in [4.69, 9.17) is 26.3 Å². The number of para-hydroxylation sites is 1. The normalized spacial score (nSPS) is 17.7. The molecule has 1 saturated carbocycles. The fraction of sp³-hybridized carbons (Fsp3) is 0.417. The van der Waals surface area contributed by atoms with Crippen LogP contribution in [0.15, 0.2) is 36.4 Å². The summed E-state index contributed by atoms with van der Waals surface area (Å²) >= 11 is 6.74. The molecule has 2 aromatic carbocycles. The van der Waals surface area contributed by atoms with E-state index in [1.807, 2.05) is 13.0 Å². The molecule has 2 heterocycles. The molecule has 0 spiro atoms. The Morgan fingerprint density at radius 3 is 2.45 bits per heavy atom. The predicted molar refractivity (Wildman–Crippen MR) is 118 cm³/mol. The monoisotopic (exact) mass is 407 g/mol. The largest absolute Gasteiger partial charge is 0.496 e. The van der Waals surface area contributed by atoms with Crippen molar-refractivity contribution >= 4 is 28.3 Å². The van der Waals surface area contributed by atoms with Crippen molar-refractivity contribution in [3.63, 3.8) is 0 Å². The third-order valence-electron chi connectivity index (χ3n) is 6.31. The first-order valence-electron chi connectivity index (χ1n) is 10.5. The molecule has 2 aliphatic rings. The van der Waals surface area contributed by atoms with Crippen LogP contribution in [0.25, 0.3) is 10.9 Å². The maximum absolute atomic E-state index is 6.74. The summed E-state index contributed by atoms with van der Waals surface area (Å²) in [5.41, 5.74) is 3.36. The zero-order valence-electron chi connectivity index (χ0n) is 17.0. The molecule has 3 aromatic rings. The Hall–Kier alpha value is -2.33. The Kier molecular flexibility index (Phi) is 4.83. The van der Waals surface area contributed by atoms with E-state index in [1.165, 1.54) is 18.4 Å². The molecule has 4 nitrogen and oxygen atoms in total. The minimum atomic E-state index is 0.510. The number of nitrogens with zero attached hydrogens (tertiary/aromatic N) is 3. The van der Waals surface area contributed by atoms with Crippen LogP contribution in [-0.4, -0.2) is 30.2 Å². The lowest BCUT2D eigenvalue weighted by atomic mass is 9.88. The number of hydrogen-bond acceptors (Lipinski definition) is 4. The van der Waals surface area contributed by atoms with Crippen LogP contribution in [0.1, 0.15) is 54.5 Å². The van der Waals surface area contributed by atoms with E-state index in [1.54, 1.807) is 7.11 Å². The van der Waals surface area contributed by atoms with Gasteiger partial charge in [-0.2, -0.15) is 0 Å². The SMILES string of the molecule is COc1ccccc1C1CCN(c2nc(C3CC3)nc3ccc(C)c(Cl)c23)CC1. The number of methoxy groups -OCH3 is 1. The molecule has 0 radical (unpaired) electrons. The number of halogens is 1. The summed E-state index contributed by atoms with van der Waals surface area (Å²) in [7, 11) is 1.75. The zero-order chi connectivity index (χ0) is 20.0. The van der Waals surface area contributed by atoms with Gasteiger partial charge in [-0.3, -0.25) is 0 Å². The van der Waals surface area contributed by atoms with Crippen LogP contribution in [0, 0.1) is 6.92 Å². The Morgan fingerprint density at radius 1 is 0.966 bits per heavy atom. The van der Waals surface area contributed by atoms with E-state index >= 15 is 0 Å². The molecule has 0 amide bonds. The van der Waals surface area contributed by atoms with E-state index in [0.717, 1.165) is 64.8 Å². The Morgan fingerprint density at radius 2 is 1.72 bits per heavy atom. The fourth-order valence-corrected chi connectivity index (χ4v) is 4.69. The number of aryl methyl sites for hydroxylation is 1. The molecule has 0 unspecified atom stereocenters. The number of hydrogen-bond donors (Lipinski definition) is 0. The number of ether oxygens (including phenoxy) is 1. The van der Waals surface area contributed by atoms with E-state index in [9.17, 15) is 0 Å². The van der Waals surface area contributed by atoms with Crippen LogP contribution in [-0.2, 0) is 0 Å². The van der Waals surface area contributed by atoms with Crippen molar-refractivity contribution in [2.24, 2.45) is 0 Å². The van der Waals surface area contributed by atoms with Crippen molar-refractivity contribution in [1.82, 2.24) is 9.97 Å². The van der Waals surface area contributed by atoms with Gasteiger partial charge in [-0.15, -0.1) is 0 Å². The van der Waals surface area contributed by atoms with E-state index in [0.29, 0.717) is 11.8 Å². The van der Waals surface area contributed by atoms with Gasteiger partial charge in [0, 0.05) is 19.0 Å². The average molecular weight is 408 g/mol. The number of rotatable bonds is 4. The Balaban J connectivity index is 1.48. The van der Waals surface area contributed by atoms with Crippen molar-refractivity contribution in [2.75, 3.05) is 25.1 Å². The lowest BCUT2D eigenvalue weighted by Gasteiger charge is -2.34. The first kappa shape index (κ1) is 18.7. The summed E-state index contributed by atoms with van der Waals surface area (Å²) in [5, 5.41) is 1.79. The summed E-state index contributed by atoms with van der Waals surface area (Å²) in [6, 6.07) is 12.6. The summed E-state index contributed by atoms with van der Waals surface area (Å²) < 4.78 is 5.59. The lowest BCUT2D eigenvalue weighted by molar-refractivity contribution is 0.397. The summed E-state index contributed by atoms with van der Waals surface area (Å²) in [6.07, 6.45) is 4.54. The van der Waals surface area contributed by atoms with Gasteiger partial charge >= 0.3 is 0 Å². The topological polar surface area (TPSA) is 38.2 Å². The van der Waals surface area contributed by atoms with Gasteiger partial charge in [-0.1, -0.05) is 35.9 Å². The Labute approximate surface area is 176 Å². The number of fused-ring (bicyclic) bond motifs is 1. The van der Waals surface area contributed by atoms with Crippen LogP contribution in [0.5, 0.6) is 5.75 Å². The molecular formula is C24H26ClN3O. The van der Waals surface area contributed by atoms with Crippen molar-refractivity contribution in [1.29, 1.82) is 0 Å². The molecule has 1 saturated heterocycles.